The molecule has 0 heterocycles. The van der Waals surface area contributed by atoms with E-state index in [4.69, 9.17) is 0 Å². The zero-order valence-corrected chi connectivity index (χ0v) is 13.7. The van der Waals surface area contributed by atoms with E-state index in [0.717, 1.165) is 17.4 Å². The molecule has 1 saturated carbocycles. The first kappa shape index (κ1) is 13.6. The lowest BCUT2D eigenvalue weighted by atomic mass is 10.1. The summed E-state index contributed by atoms with van der Waals surface area (Å²) in [4.78, 5) is 0. The molecular formula is C19H24Si. The third-order valence-corrected chi connectivity index (χ3v) is 9.19. The van der Waals surface area contributed by atoms with Crippen molar-refractivity contribution in [2.75, 3.05) is 0 Å². The molecule has 3 rings (SSSR count). The average molecular weight is 280 g/mol. The molecule has 0 amide bonds. The summed E-state index contributed by atoms with van der Waals surface area (Å²) in [6, 6.07) is 22.4. The van der Waals surface area contributed by atoms with Crippen molar-refractivity contribution in [2.24, 2.45) is 11.8 Å². The molecule has 2 aromatic carbocycles. The first-order valence-electron chi connectivity index (χ1n) is 7.71. The minimum Gasteiger partial charge on any atom is -0.0650 e. The fourth-order valence-corrected chi connectivity index (χ4v) is 7.69. The highest BCUT2D eigenvalue weighted by atomic mass is 28.3. The Hall–Kier alpha value is -1.34. The summed E-state index contributed by atoms with van der Waals surface area (Å²) in [5.41, 5.74) is 2.31. The molecule has 0 N–H and O–H groups in total. The highest BCUT2D eigenvalue weighted by molar-refractivity contribution is 6.91. The van der Waals surface area contributed by atoms with Gasteiger partial charge in [-0.3, -0.25) is 0 Å². The lowest BCUT2D eigenvalue weighted by Crippen LogP contribution is -2.48. The maximum Gasteiger partial charge on any atom is 0.0882 e. The van der Waals surface area contributed by atoms with Crippen LogP contribution in [0.5, 0.6) is 0 Å². The quantitative estimate of drug-likeness (QED) is 0.719. The predicted octanol–water partition coefficient (Wildman–Crippen LogP) is 4.58. The van der Waals surface area contributed by atoms with Crippen LogP contribution in [0.2, 0.25) is 13.1 Å². The summed E-state index contributed by atoms with van der Waals surface area (Å²) in [7, 11) is -1.49. The molecule has 0 bridgehead atoms. The summed E-state index contributed by atoms with van der Waals surface area (Å²) in [6.45, 7) is 7.51. The van der Waals surface area contributed by atoms with Gasteiger partial charge >= 0.3 is 0 Å². The summed E-state index contributed by atoms with van der Waals surface area (Å²) in [6.07, 6.45) is 1.41. The van der Waals surface area contributed by atoms with Crippen LogP contribution in [0, 0.1) is 11.8 Å². The molecule has 2 aromatic rings. The maximum atomic E-state index is 2.55. The van der Waals surface area contributed by atoms with Crippen LogP contribution in [0.25, 0.3) is 0 Å². The fraction of sp³-hybridized carbons (Fsp3) is 0.368. The van der Waals surface area contributed by atoms with Crippen molar-refractivity contribution in [3.05, 3.63) is 66.2 Å². The van der Waals surface area contributed by atoms with E-state index in [1.165, 1.54) is 6.42 Å². The van der Waals surface area contributed by atoms with Gasteiger partial charge in [-0.15, -0.1) is 0 Å². The highest BCUT2D eigenvalue weighted by Crippen LogP contribution is 2.51. The Balaban J connectivity index is 2.02. The second kappa shape index (κ2) is 5.21. The van der Waals surface area contributed by atoms with Gasteiger partial charge in [0.1, 0.15) is 0 Å². The Morgan fingerprint density at radius 1 is 0.900 bits per heavy atom. The fourth-order valence-electron chi connectivity index (χ4n) is 3.72. The minimum atomic E-state index is -1.49. The molecule has 1 heteroatoms. The second-order valence-corrected chi connectivity index (χ2v) is 11.5. The van der Waals surface area contributed by atoms with Crippen molar-refractivity contribution in [1.82, 2.24) is 0 Å². The molecule has 0 unspecified atom stereocenters. The van der Waals surface area contributed by atoms with E-state index in [1.54, 1.807) is 10.8 Å². The van der Waals surface area contributed by atoms with Crippen LogP contribution in [0.15, 0.2) is 60.7 Å². The molecule has 1 fully saturated rings. The van der Waals surface area contributed by atoms with E-state index in [2.05, 4.69) is 80.7 Å². The highest BCUT2D eigenvalue weighted by Gasteiger charge is 2.48. The Morgan fingerprint density at radius 3 is 1.90 bits per heavy atom. The van der Waals surface area contributed by atoms with Crippen molar-refractivity contribution in [1.29, 1.82) is 0 Å². The van der Waals surface area contributed by atoms with Crippen LogP contribution in [0.3, 0.4) is 0 Å². The van der Waals surface area contributed by atoms with E-state index in [1.807, 2.05) is 0 Å². The molecule has 0 aromatic heterocycles. The molecule has 0 radical (unpaired) electrons. The zero-order chi connectivity index (χ0) is 14.2. The Kier molecular flexibility index (Phi) is 3.55. The smallest absolute Gasteiger partial charge is 0.0650 e. The first-order chi connectivity index (χ1) is 9.60. The normalized spacial score (nSPS) is 23.4. The summed E-state index contributed by atoms with van der Waals surface area (Å²) >= 11 is 0. The van der Waals surface area contributed by atoms with Crippen LogP contribution in [-0.4, -0.2) is 8.07 Å². The largest absolute Gasteiger partial charge is 0.0882 e. The topological polar surface area (TPSA) is 0 Å². The Morgan fingerprint density at radius 2 is 1.40 bits per heavy atom. The lowest BCUT2D eigenvalue weighted by Gasteiger charge is -2.34. The number of rotatable bonds is 4. The number of hydrogen-bond acceptors (Lipinski definition) is 0. The lowest BCUT2D eigenvalue weighted by molar-refractivity contribution is 0.702. The van der Waals surface area contributed by atoms with Gasteiger partial charge in [-0.05, 0) is 29.4 Å². The standard InChI is InChI=1S/C19H24Si/c1-15-14-18(15)19(16-10-6-4-7-11-16)20(2,3)17-12-8-5-9-13-17/h4-13,15,18-19H,14H2,1-3H3/t15-,18+,19+/m1/s1. The van der Waals surface area contributed by atoms with Crippen molar-refractivity contribution in [2.45, 2.75) is 32.0 Å². The van der Waals surface area contributed by atoms with E-state index in [9.17, 15) is 0 Å². The van der Waals surface area contributed by atoms with Gasteiger partial charge in [0.25, 0.3) is 0 Å². The molecule has 0 saturated heterocycles. The van der Waals surface area contributed by atoms with E-state index < -0.39 is 8.07 Å². The third-order valence-electron chi connectivity index (χ3n) is 5.05. The van der Waals surface area contributed by atoms with Gasteiger partial charge < -0.3 is 0 Å². The maximum absolute atomic E-state index is 2.55. The van der Waals surface area contributed by atoms with Crippen LogP contribution < -0.4 is 5.19 Å². The number of benzene rings is 2. The van der Waals surface area contributed by atoms with Crippen LogP contribution in [-0.2, 0) is 0 Å². The summed E-state index contributed by atoms with van der Waals surface area (Å²) < 4.78 is 0. The van der Waals surface area contributed by atoms with Crippen molar-refractivity contribution in [3.63, 3.8) is 0 Å². The predicted molar refractivity (Wildman–Crippen MR) is 90.0 cm³/mol. The molecule has 0 nitrogen and oxygen atoms in total. The summed E-state index contributed by atoms with van der Waals surface area (Å²) in [5, 5.41) is 1.59. The van der Waals surface area contributed by atoms with Gasteiger partial charge in [-0.1, -0.05) is 85.9 Å². The van der Waals surface area contributed by atoms with Crippen molar-refractivity contribution >= 4 is 13.3 Å². The van der Waals surface area contributed by atoms with Gasteiger partial charge in [0.2, 0.25) is 0 Å². The zero-order valence-electron chi connectivity index (χ0n) is 12.7. The van der Waals surface area contributed by atoms with Crippen LogP contribution in [0.4, 0.5) is 0 Å². The molecule has 1 aliphatic rings. The molecular weight excluding hydrogens is 256 g/mol. The van der Waals surface area contributed by atoms with Crippen LogP contribution >= 0.6 is 0 Å². The van der Waals surface area contributed by atoms with Gasteiger partial charge in [-0.25, -0.2) is 0 Å². The first-order valence-corrected chi connectivity index (χ1v) is 10.8. The van der Waals surface area contributed by atoms with E-state index in [0.29, 0.717) is 0 Å². The number of hydrogen-bond donors (Lipinski definition) is 0. The Labute approximate surface area is 123 Å². The summed E-state index contributed by atoms with van der Waals surface area (Å²) in [5.74, 6) is 1.79. The second-order valence-electron chi connectivity index (χ2n) is 6.85. The molecule has 3 atom stereocenters. The third kappa shape index (κ3) is 2.47. The average Bonchev–Trinajstić information content (AvgIpc) is 3.17. The van der Waals surface area contributed by atoms with Gasteiger partial charge in [-0.2, -0.15) is 0 Å². The van der Waals surface area contributed by atoms with Gasteiger partial charge in [0.05, 0.1) is 8.07 Å². The SMILES string of the molecule is C[C@@H]1C[C@@H]1[C@H](c1ccccc1)[Si](C)(C)c1ccccc1. The van der Waals surface area contributed by atoms with E-state index in [-0.39, 0.29) is 0 Å². The van der Waals surface area contributed by atoms with Gasteiger partial charge in [0.15, 0.2) is 0 Å². The Bertz CT molecular complexity index is 559. The van der Waals surface area contributed by atoms with E-state index >= 15 is 0 Å². The van der Waals surface area contributed by atoms with Gasteiger partial charge in [0, 0.05) is 0 Å². The monoisotopic (exact) mass is 280 g/mol. The molecule has 104 valence electrons. The molecule has 0 aliphatic heterocycles. The molecule has 0 spiro atoms. The van der Waals surface area contributed by atoms with Crippen molar-refractivity contribution < 1.29 is 0 Å². The molecule has 20 heavy (non-hydrogen) atoms. The minimum absolute atomic E-state index is 0.751. The molecule has 1 aliphatic carbocycles. The van der Waals surface area contributed by atoms with Crippen molar-refractivity contribution in [3.8, 4) is 0 Å². The van der Waals surface area contributed by atoms with Crippen LogP contribution in [0.1, 0.15) is 24.4 Å².